The highest BCUT2D eigenvalue weighted by Crippen LogP contribution is 2.18. The van der Waals surface area contributed by atoms with Gasteiger partial charge in [0.2, 0.25) is 0 Å². The summed E-state index contributed by atoms with van der Waals surface area (Å²) >= 11 is 0. The van der Waals surface area contributed by atoms with Crippen molar-refractivity contribution >= 4 is 5.97 Å². The molecule has 96 valence electrons. The molecule has 2 nitrogen and oxygen atoms in total. The van der Waals surface area contributed by atoms with Crippen LogP contribution in [0.25, 0.3) is 0 Å². The van der Waals surface area contributed by atoms with Gasteiger partial charge in [-0.2, -0.15) is 0 Å². The second-order valence-electron chi connectivity index (χ2n) is 4.57. The molecule has 0 spiro atoms. The molecule has 1 unspecified atom stereocenters. The van der Waals surface area contributed by atoms with E-state index in [1.165, 1.54) is 39.2 Å². The largest absolute Gasteiger partial charge is 0.469 e. The maximum atomic E-state index is 11.5. The maximum absolute atomic E-state index is 11.5. The van der Waals surface area contributed by atoms with Gasteiger partial charge in [0.15, 0.2) is 0 Å². The van der Waals surface area contributed by atoms with Gasteiger partial charge in [0.1, 0.15) is 0 Å². The quantitative estimate of drug-likeness (QED) is 0.411. The lowest BCUT2D eigenvalue weighted by atomic mass is 9.95. The monoisotopic (exact) mass is 228 g/mol. The first kappa shape index (κ1) is 15.5. The predicted octanol–water partition coefficient (Wildman–Crippen LogP) is 4.33. The number of carbonyl (C=O) groups is 1. The average Bonchev–Trinajstić information content (AvgIpc) is 2.31. The molecule has 0 fully saturated rings. The van der Waals surface area contributed by atoms with E-state index in [1.54, 1.807) is 0 Å². The number of rotatable bonds is 10. The molecule has 0 aliphatic carbocycles. The normalized spacial score (nSPS) is 12.4. The van der Waals surface area contributed by atoms with Gasteiger partial charge >= 0.3 is 5.97 Å². The third kappa shape index (κ3) is 7.72. The van der Waals surface area contributed by atoms with Crippen molar-refractivity contribution in [3.8, 4) is 0 Å². The molecule has 1 atom stereocenters. The van der Waals surface area contributed by atoms with Gasteiger partial charge in [0.25, 0.3) is 0 Å². The van der Waals surface area contributed by atoms with Gasteiger partial charge in [-0.3, -0.25) is 4.79 Å². The molecular weight excluding hydrogens is 200 g/mol. The minimum absolute atomic E-state index is 0.0102. The Kier molecular flexibility index (Phi) is 10.6. The molecule has 0 aromatic heterocycles. The van der Waals surface area contributed by atoms with Crippen LogP contribution in [0.2, 0.25) is 0 Å². The van der Waals surface area contributed by atoms with Crippen molar-refractivity contribution in [1.29, 1.82) is 0 Å². The van der Waals surface area contributed by atoms with Crippen molar-refractivity contribution in [2.45, 2.75) is 71.6 Å². The Labute approximate surface area is 101 Å². The Morgan fingerprint density at radius 1 is 0.938 bits per heavy atom. The summed E-state index contributed by atoms with van der Waals surface area (Å²) < 4.78 is 4.85. The predicted molar refractivity (Wildman–Crippen MR) is 68.4 cm³/mol. The van der Waals surface area contributed by atoms with Crippen LogP contribution in [0.3, 0.4) is 0 Å². The Morgan fingerprint density at radius 2 is 1.50 bits per heavy atom. The zero-order valence-electron chi connectivity index (χ0n) is 11.3. The number of esters is 1. The summed E-state index contributed by atoms with van der Waals surface area (Å²) in [5.74, 6) is 0.135. The lowest BCUT2D eigenvalue weighted by Crippen LogP contribution is -2.16. The van der Waals surface area contributed by atoms with Crippen LogP contribution in [-0.2, 0) is 9.53 Å². The van der Waals surface area contributed by atoms with Gasteiger partial charge in [0, 0.05) is 0 Å². The Hall–Kier alpha value is -0.530. The van der Waals surface area contributed by atoms with Crippen molar-refractivity contribution in [3.05, 3.63) is 0 Å². The molecule has 0 aromatic carbocycles. The Balaban J connectivity index is 3.69. The number of ether oxygens (including phenoxy) is 1. The van der Waals surface area contributed by atoms with Crippen molar-refractivity contribution in [2.75, 3.05) is 7.11 Å². The fourth-order valence-electron chi connectivity index (χ4n) is 1.99. The summed E-state index contributed by atoms with van der Waals surface area (Å²) in [7, 11) is 1.50. The molecule has 0 radical (unpaired) electrons. The van der Waals surface area contributed by atoms with E-state index in [1.807, 2.05) is 0 Å². The van der Waals surface area contributed by atoms with E-state index >= 15 is 0 Å². The van der Waals surface area contributed by atoms with Crippen LogP contribution in [0.4, 0.5) is 0 Å². The molecule has 0 heterocycles. The van der Waals surface area contributed by atoms with E-state index < -0.39 is 0 Å². The number of unbranched alkanes of at least 4 members (excludes halogenated alkanes) is 5. The molecule has 0 aliphatic rings. The highest BCUT2D eigenvalue weighted by molar-refractivity contribution is 5.72. The van der Waals surface area contributed by atoms with E-state index in [2.05, 4.69) is 13.8 Å². The summed E-state index contributed by atoms with van der Waals surface area (Å²) in [4.78, 5) is 11.5. The first-order chi connectivity index (χ1) is 7.76. The molecule has 16 heavy (non-hydrogen) atoms. The highest BCUT2D eigenvalue weighted by atomic mass is 16.5. The lowest BCUT2D eigenvalue weighted by Gasteiger charge is -2.13. The number of hydrogen-bond donors (Lipinski definition) is 0. The van der Waals surface area contributed by atoms with Crippen LogP contribution in [-0.4, -0.2) is 13.1 Å². The van der Waals surface area contributed by atoms with Crippen molar-refractivity contribution < 1.29 is 9.53 Å². The second-order valence-corrected chi connectivity index (χ2v) is 4.57. The van der Waals surface area contributed by atoms with E-state index in [9.17, 15) is 4.79 Å². The first-order valence-corrected chi connectivity index (χ1v) is 6.84. The number of hydrogen-bond acceptors (Lipinski definition) is 2. The zero-order chi connectivity index (χ0) is 12.2. The van der Waals surface area contributed by atoms with Gasteiger partial charge in [-0.25, -0.2) is 0 Å². The number of carbonyl (C=O) groups excluding carboxylic acids is 1. The van der Waals surface area contributed by atoms with Crippen LogP contribution < -0.4 is 0 Å². The molecule has 0 bridgehead atoms. The average molecular weight is 228 g/mol. The minimum atomic E-state index is -0.0102. The van der Waals surface area contributed by atoms with Crippen LogP contribution >= 0.6 is 0 Å². The maximum Gasteiger partial charge on any atom is 0.308 e. The molecule has 0 N–H and O–H groups in total. The Bertz CT molecular complexity index is 166. The second kappa shape index (κ2) is 11.0. The molecule has 0 saturated heterocycles. The fraction of sp³-hybridized carbons (Fsp3) is 0.929. The van der Waals surface area contributed by atoms with Crippen LogP contribution in [0.15, 0.2) is 0 Å². The third-order valence-corrected chi connectivity index (χ3v) is 3.10. The van der Waals surface area contributed by atoms with Crippen molar-refractivity contribution in [3.63, 3.8) is 0 Å². The standard InChI is InChI=1S/C14H28O2/c1-4-6-8-9-10-12-13(11-7-5-2)14(15)16-3/h13H,4-12H2,1-3H3. The van der Waals surface area contributed by atoms with Crippen LogP contribution in [0, 0.1) is 5.92 Å². The highest BCUT2D eigenvalue weighted by Gasteiger charge is 2.17. The van der Waals surface area contributed by atoms with Gasteiger partial charge in [-0.05, 0) is 12.8 Å². The minimum Gasteiger partial charge on any atom is -0.469 e. The van der Waals surface area contributed by atoms with E-state index in [-0.39, 0.29) is 11.9 Å². The molecular formula is C14H28O2. The van der Waals surface area contributed by atoms with Gasteiger partial charge in [-0.1, -0.05) is 58.8 Å². The fourth-order valence-corrected chi connectivity index (χ4v) is 1.99. The van der Waals surface area contributed by atoms with Crippen molar-refractivity contribution in [1.82, 2.24) is 0 Å². The smallest absolute Gasteiger partial charge is 0.308 e. The van der Waals surface area contributed by atoms with E-state index in [0.29, 0.717) is 0 Å². The lowest BCUT2D eigenvalue weighted by molar-refractivity contribution is -0.146. The molecule has 2 heteroatoms. The number of methoxy groups -OCH3 is 1. The summed E-state index contributed by atoms with van der Waals surface area (Å²) in [6.07, 6.45) is 10.6. The summed E-state index contributed by atoms with van der Waals surface area (Å²) in [5.41, 5.74) is 0. The van der Waals surface area contributed by atoms with Crippen LogP contribution in [0.1, 0.15) is 71.6 Å². The van der Waals surface area contributed by atoms with Gasteiger partial charge in [0.05, 0.1) is 13.0 Å². The SMILES string of the molecule is CCCCCCCC(CCCC)C(=O)OC. The topological polar surface area (TPSA) is 26.3 Å². The zero-order valence-corrected chi connectivity index (χ0v) is 11.3. The molecule has 0 saturated carbocycles. The van der Waals surface area contributed by atoms with Crippen molar-refractivity contribution in [2.24, 2.45) is 5.92 Å². The molecule has 0 aromatic rings. The Morgan fingerprint density at radius 3 is 2.06 bits per heavy atom. The molecule has 0 aliphatic heterocycles. The van der Waals surface area contributed by atoms with E-state index in [4.69, 9.17) is 4.74 Å². The molecule has 0 rings (SSSR count). The van der Waals surface area contributed by atoms with Crippen LogP contribution in [0.5, 0.6) is 0 Å². The van der Waals surface area contributed by atoms with Gasteiger partial charge < -0.3 is 4.74 Å². The summed E-state index contributed by atoms with van der Waals surface area (Å²) in [5, 5.41) is 0. The summed E-state index contributed by atoms with van der Waals surface area (Å²) in [6.45, 7) is 4.38. The molecule has 0 amide bonds. The van der Waals surface area contributed by atoms with E-state index in [0.717, 1.165) is 25.7 Å². The third-order valence-electron chi connectivity index (χ3n) is 3.10. The van der Waals surface area contributed by atoms with Gasteiger partial charge in [-0.15, -0.1) is 0 Å². The summed E-state index contributed by atoms with van der Waals surface area (Å²) in [6, 6.07) is 0. The first-order valence-electron chi connectivity index (χ1n) is 6.84.